The van der Waals surface area contributed by atoms with Crippen molar-refractivity contribution in [1.29, 1.82) is 0 Å². The highest BCUT2D eigenvalue weighted by Crippen LogP contribution is 2.30. The molecule has 1 aromatic heterocycles. The molecule has 0 amide bonds. The minimum absolute atomic E-state index is 0.124. The smallest absolute Gasteiger partial charge is 0.165 e. The Hall–Kier alpha value is -0.980. The third-order valence-electron chi connectivity index (χ3n) is 2.20. The molecule has 0 aliphatic rings. The molecule has 0 saturated carbocycles. The number of nitrogens with two attached hydrogens (primary N) is 1. The van der Waals surface area contributed by atoms with Gasteiger partial charge in [-0.05, 0) is 40.2 Å². The first kappa shape index (κ1) is 13.5. The lowest BCUT2D eigenvalue weighted by atomic mass is 10.3. The zero-order valence-corrected chi connectivity index (χ0v) is 12.3. The molecular weight excluding hydrogens is 367 g/mol. The second-order valence-corrected chi connectivity index (χ2v) is 5.31. The Morgan fingerprint density at radius 3 is 2.61 bits per heavy atom. The fourth-order valence-corrected chi connectivity index (χ4v) is 2.01. The molecule has 2 aromatic rings. The van der Waals surface area contributed by atoms with Crippen molar-refractivity contribution in [2.75, 3.05) is 0 Å². The summed E-state index contributed by atoms with van der Waals surface area (Å²) in [6.45, 7) is 0.220. The Morgan fingerprint density at radius 1 is 1.17 bits per heavy atom. The summed E-state index contributed by atoms with van der Waals surface area (Å²) in [6, 6.07) is 6.18. The van der Waals surface area contributed by atoms with Gasteiger partial charge in [0, 0.05) is 21.7 Å². The minimum atomic E-state index is -0.443. The van der Waals surface area contributed by atoms with E-state index in [-0.39, 0.29) is 12.3 Å². The predicted octanol–water partition coefficient (Wildman–Crippen LogP) is 4.00. The molecule has 0 saturated heterocycles. The molecule has 2 rings (SSSR count). The van der Waals surface area contributed by atoms with Crippen LogP contribution in [0.5, 0.6) is 11.5 Å². The molecule has 6 heteroatoms. The lowest BCUT2D eigenvalue weighted by Crippen LogP contribution is -2.02. The molecule has 0 aliphatic heterocycles. The fourth-order valence-electron chi connectivity index (χ4n) is 1.36. The molecule has 0 radical (unpaired) electrons. The van der Waals surface area contributed by atoms with E-state index in [0.717, 1.165) is 8.95 Å². The highest BCUT2D eigenvalue weighted by molar-refractivity contribution is 9.10. The monoisotopic (exact) mass is 374 g/mol. The van der Waals surface area contributed by atoms with Gasteiger partial charge in [0.05, 0.1) is 5.69 Å². The second kappa shape index (κ2) is 5.77. The van der Waals surface area contributed by atoms with Gasteiger partial charge in [-0.25, -0.2) is 4.39 Å². The summed E-state index contributed by atoms with van der Waals surface area (Å²) in [6.07, 6.45) is 1.62. The van der Waals surface area contributed by atoms with Gasteiger partial charge >= 0.3 is 0 Å². The van der Waals surface area contributed by atoms with Crippen molar-refractivity contribution in [3.05, 3.63) is 50.9 Å². The van der Waals surface area contributed by atoms with Crippen molar-refractivity contribution in [1.82, 2.24) is 4.98 Å². The van der Waals surface area contributed by atoms with Crippen LogP contribution in [0.4, 0.5) is 4.39 Å². The molecule has 0 unspecified atom stereocenters. The summed E-state index contributed by atoms with van der Waals surface area (Å²) >= 11 is 6.55. The van der Waals surface area contributed by atoms with Gasteiger partial charge in [0.15, 0.2) is 17.3 Å². The van der Waals surface area contributed by atoms with Crippen molar-refractivity contribution >= 4 is 31.9 Å². The van der Waals surface area contributed by atoms with Crippen LogP contribution in [0.15, 0.2) is 39.4 Å². The van der Waals surface area contributed by atoms with Gasteiger partial charge in [-0.3, -0.25) is 4.98 Å². The first-order valence-corrected chi connectivity index (χ1v) is 6.66. The lowest BCUT2D eigenvalue weighted by Gasteiger charge is -2.10. The number of rotatable bonds is 3. The van der Waals surface area contributed by atoms with Gasteiger partial charge in [-0.2, -0.15) is 0 Å². The third-order valence-corrected chi connectivity index (χ3v) is 3.13. The fraction of sp³-hybridized carbons (Fsp3) is 0.0833. The maximum atomic E-state index is 13.6. The average Bonchev–Trinajstić information content (AvgIpc) is 2.34. The zero-order valence-electron chi connectivity index (χ0n) is 9.16. The zero-order chi connectivity index (χ0) is 13.1. The lowest BCUT2D eigenvalue weighted by molar-refractivity contribution is 0.434. The molecule has 0 bridgehead atoms. The first-order valence-electron chi connectivity index (χ1n) is 5.07. The number of nitrogens with zero attached hydrogens (tertiary/aromatic N) is 1. The van der Waals surface area contributed by atoms with E-state index >= 15 is 0 Å². The standard InChI is InChI=1S/C12H9Br2FN2O/c13-7-1-2-9(15)11(3-7)18-12-4-8(14)6-17-10(12)5-16/h1-4,6H,5,16H2. The number of halogens is 3. The van der Waals surface area contributed by atoms with Gasteiger partial charge in [-0.15, -0.1) is 0 Å². The van der Waals surface area contributed by atoms with Crippen LogP contribution in [0.1, 0.15) is 5.69 Å². The van der Waals surface area contributed by atoms with Crippen LogP contribution in [-0.2, 0) is 6.54 Å². The summed E-state index contributed by atoms with van der Waals surface area (Å²) in [5.41, 5.74) is 6.13. The van der Waals surface area contributed by atoms with Gasteiger partial charge in [0.2, 0.25) is 0 Å². The molecule has 94 valence electrons. The van der Waals surface area contributed by atoms with E-state index < -0.39 is 5.82 Å². The molecule has 2 N–H and O–H groups in total. The van der Waals surface area contributed by atoms with Gasteiger partial charge in [0.25, 0.3) is 0 Å². The van der Waals surface area contributed by atoms with E-state index in [1.807, 2.05) is 0 Å². The summed E-state index contributed by atoms with van der Waals surface area (Å²) in [5, 5.41) is 0. The van der Waals surface area contributed by atoms with Crippen LogP contribution in [0, 0.1) is 5.82 Å². The molecule has 3 nitrogen and oxygen atoms in total. The molecule has 1 aromatic carbocycles. The molecule has 18 heavy (non-hydrogen) atoms. The quantitative estimate of drug-likeness (QED) is 0.882. The minimum Gasteiger partial charge on any atom is -0.452 e. The normalized spacial score (nSPS) is 10.4. The molecule has 1 heterocycles. The van der Waals surface area contributed by atoms with Crippen LogP contribution < -0.4 is 10.5 Å². The predicted molar refractivity (Wildman–Crippen MR) is 74.0 cm³/mol. The summed E-state index contributed by atoms with van der Waals surface area (Å²) in [4.78, 5) is 4.11. The van der Waals surface area contributed by atoms with Crippen LogP contribution in [-0.4, -0.2) is 4.98 Å². The van der Waals surface area contributed by atoms with Crippen LogP contribution in [0.3, 0.4) is 0 Å². The number of benzene rings is 1. The van der Waals surface area contributed by atoms with E-state index in [0.29, 0.717) is 11.4 Å². The molecule has 0 aliphatic carbocycles. The van der Waals surface area contributed by atoms with Crippen LogP contribution in [0.2, 0.25) is 0 Å². The second-order valence-electron chi connectivity index (χ2n) is 3.48. The largest absolute Gasteiger partial charge is 0.452 e. The van der Waals surface area contributed by atoms with Crippen molar-refractivity contribution in [3.63, 3.8) is 0 Å². The van der Waals surface area contributed by atoms with E-state index in [1.54, 1.807) is 24.4 Å². The Balaban J connectivity index is 2.38. The number of aromatic nitrogens is 1. The Kier molecular flexibility index (Phi) is 4.31. The molecule has 0 atom stereocenters. The van der Waals surface area contributed by atoms with E-state index in [2.05, 4.69) is 36.8 Å². The van der Waals surface area contributed by atoms with Gasteiger partial charge in [-0.1, -0.05) is 15.9 Å². The van der Waals surface area contributed by atoms with E-state index in [9.17, 15) is 4.39 Å². The number of ether oxygens (including phenoxy) is 1. The maximum absolute atomic E-state index is 13.6. The van der Waals surface area contributed by atoms with Gasteiger partial charge in [0.1, 0.15) is 0 Å². The van der Waals surface area contributed by atoms with Gasteiger partial charge < -0.3 is 10.5 Å². The molecular formula is C12H9Br2FN2O. The third kappa shape index (κ3) is 3.07. The van der Waals surface area contributed by atoms with Crippen molar-refractivity contribution in [2.24, 2.45) is 5.73 Å². The van der Waals surface area contributed by atoms with Crippen molar-refractivity contribution < 1.29 is 9.13 Å². The van der Waals surface area contributed by atoms with Crippen LogP contribution in [0.25, 0.3) is 0 Å². The highest BCUT2D eigenvalue weighted by atomic mass is 79.9. The van der Waals surface area contributed by atoms with Crippen molar-refractivity contribution in [3.8, 4) is 11.5 Å². The summed E-state index contributed by atoms with van der Waals surface area (Å²) in [5.74, 6) is 0.115. The topological polar surface area (TPSA) is 48.1 Å². The highest BCUT2D eigenvalue weighted by Gasteiger charge is 2.10. The summed E-state index contributed by atoms with van der Waals surface area (Å²) < 4.78 is 20.6. The average molecular weight is 376 g/mol. The molecule has 0 spiro atoms. The SMILES string of the molecule is NCc1ncc(Br)cc1Oc1cc(Br)ccc1F. The number of pyridine rings is 1. The molecule has 0 fully saturated rings. The van der Waals surface area contributed by atoms with Crippen molar-refractivity contribution in [2.45, 2.75) is 6.54 Å². The number of hydrogen-bond acceptors (Lipinski definition) is 3. The van der Waals surface area contributed by atoms with E-state index in [4.69, 9.17) is 10.5 Å². The Morgan fingerprint density at radius 2 is 1.89 bits per heavy atom. The maximum Gasteiger partial charge on any atom is 0.165 e. The van der Waals surface area contributed by atoms with E-state index in [1.165, 1.54) is 6.07 Å². The first-order chi connectivity index (χ1) is 8.60. The van der Waals surface area contributed by atoms with Crippen LogP contribution >= 0.6 is 31.9 Å². The summed E-state index contributed by atoms with van der Waals surface area (Å²) in [7, 11) is 0. The Labute approximate surface area is 120 Å². The number of hydrogen-bond donors (Lipinski definition) is 1. The Bertz CT molecular complexity index is 578.